The van der Waals surface area contributed by atoms with Crippen LogP contribution in [0.25, 0.3) is 0 Å². The summed E-state index contributed by atoms with van der Waals surface area (Å²) in [7, 11) is 0. The standard InChI is InChI=1S/C16H18F3N3/c1-10-11(2)21-15(22-12(10)3)20-8-7-13-5-4-6-14(9-13)16(17,18)19/h4-6,9H,7-8H2,1-3H3,(H,20,21,22). The molecule has 1 heterocycles. The van der Waals surface area contributed by atoms with Gasteiger partial charge in [0.25, 0.3) is 0 Å². The summed E-state index contributed by atoms with van der Waals surface area (Å²) in [4.78, 5) is 8.64. The molecule has 1 aromatic carbocycles. The van der Waals surface area contributed by atoms with Gasteiger partial charge in [-0.2, -0.15) is 13.2 Å². The first-order valence-corrected chi connectivity index (χ1v) is 6.99. The number of nitrogens with one attached hydrogen (secondary N) is 1. The van der Waals surface area contributed by atoms with Gasteiger partial charge in [-0.3, -0.25) is 0 Å². The summed E-state index contributed by atoms with van der Waals surface area (Å²) < 4.78 is 37.9. The Morgan fingerprint density at radius 3 is 2.27 bits per heavy atom. The second-order valence-electron chi connectivity index (χ2n) is 5.22. The van der Waals surface area contributed by atoms with Crippen molar-refractivity contribution in [1.82, 2.24) is 9.97 Å². The molecule has 0 amide bonds. The second-order valence-corrected chi connectivity index (χ2v) is 5.22. The molecular formula is C16H18F3N3. The van der Waals surface area contributed by atoms with E-state index in [0.29, 0.717) is 24.5 Å². The van der Waals surface area contributed by atoms with E-state index in [1.807, 2.05) is 20.8 Å². The lowest BCUT2D eigenvalue weighted by atomic mass is 10.1. The lowest BCUT2D eigenvalue weighted by Gasteiger charge is -2.10. The van der Waals surface area contributed by atoms with Gasteiger partial charge in [0.15, 0.2) is 0 Å². The van der Waals surface area contributed by atoms with Crippen molar-refractivity contribution in [3.63, 3.8) is 0 Å². The van der Waals surface area contributed by atoms with Gasteiger partial charge in [-0.15, -0.1) is 0 Å². The maximum Gasteiger partial charge on any atom is 0.416 e. The van der Waals surface area contributed by atoms with E-state index >= 15 is 0 Å². The summed E-state index contributed by atoms with van der Waals surface area (Å²) >= 11 is 0. The van der Waals surface area contributed by atoms with Crippen molar-refractivity contribution in [3.05, 3.63) is 52.3 Å². The predicted octanol–water partition coefficient (Wildman–Crippen LogP) is 4.08. The van der Waals surface area contributed by atoms with E-state index < -0.39 is 11.7 Å². The first-order valence-electron chi connectivity index (χ1n) is 6.99. The molecule has 0 bridgehead atoms. The minimum Gasteiger partial charge on any atom is -0.354 e. The van der Waals surface area contributed by atoms with Gasteiger partial charge in [-0.1, -0.05) is 18.2 Å². The first kappa shape index (κ1) is 16.3. The Balaban J connectivity index is 2.00. The Kier molecular flexibility index (Phi) is 4.68. The van der Waals surface area contributed by atoms with Crippen LogP contribution in [-0.4, -0.2) is 16.5 Å². The first-order chi connectivity index (χ1) is 10.3. The molecule has 1 N–H and O–H groups in total. The van der Waals surface area contributed by atoms with Crippen LogP contribution in [0.15, 0.2) is 24.3 Å². The van der Waals surface area contributed by atoms with Gasteiger partial charge in [0, 0.05) is 17.9 Å². The van der Waals surface area contributed by atoms with Gasteiger partial charge in [-0.05, 0) is 44.4 Å². The topological polar surface area (TPSA) is 37.8 Å². The number of halogens is 3. The molecule has 0 aliphatic carbocycles. The molecule has 3 nitrogen and oxygen atoms in total. The zero-order valence-electron chi connectivity index (χ0n) is 12.8. The molecule has 0 aliphatic rings. The monoisotopic (exact) mass is 309 g/mol. The Labute approximate surface area is 127 Å². The number of aromatic nitrogens is 2. The lowest BCUT2D eigenvalue weighted by molar-refractivity contribution is -0.137. The molecule has 0 atom stereocenters. The minimum atomic E-state index is -4.31. The Morgan fingerprint density at radius 2 is 1.68 bits per heavy atom. The van der Waals surface area contributed by atoms with Crippen LogP contribution in [0.3, 0.4) is 0 Å². The van der Waals surface area contributed by atoms with Crippen LogP contribution in [0.4, 0.5) is 19.1 Å². The second kappa shape index (κ2) is 6.34. The summed E-state index contributed by atoms with van der Waals surface area (Å²) in [6.07, 6.45) is -3.84. The highest BCUT2D eigenvalue weighted by molar-refractivity contribution is 5.33. The summed E-state index contributed by atoms with van der Waals surface area (Å²) in [5.41, 5.74) is 2.85. The van der Waals surface area contributed by atoms with Gasteiger partial charge < -0.3 is 5.32 Å². The third-order valence-corrected chi connectivity index (χ3v) is 3.58. The highest BCUT2D eigenvalue weighted by atomic mass is 19.4. The van der Waals surface area contributed by atoms with Crippen molar-refractivity contribution in [2.24, 2.45) is 0 Å². The molecule has 2 rings (SSSR count). The molecule has 0 unspecified atom stereocenters. The van der Waals surface area contributed by atoms with Crippen molar-refractivity contribution in [3.8, 4) is 0 Å². The number of nitrogens with zero attached hydrogens (tertiary/aromatic N) is 2. The molecule has 118 valence electrons. The Morgan fingerprint density at radius 1 is 1.05 bits per heavy atom. The smallest absolute Gasteiger partial charge is 0.354 e. The highest BCUT2D eigenvalue weighted by Gasteiger charge is 2.30. The Hall–Kier alpha value is -2.11. The number of hydrogen-bond donors (Lipinski definition) is 1. The lowest BCUT2D eigenvalue weighted by Crippen LogP contribution is -2.11. The maximum absolute atomic E-state index is 12.6. The van der Waals surface area contributed by atoms with E-state index in [1.54, 1.807) is 6.07 Å². The van der Waals surface area contributed by atoms with Crippen molar-refractivity contribution in [1.29, 1.82) is 0 Å². The molecule has 0 saturated carbocycles. The number of aryl methyl sites for hydroxylation is 2. The molecule has 0 spiro atoms. The Bertz CT molecular complexity index is 643. The molecule has 22 heavy (non-hydrogen) atoms. The number of alkyl halides is 3. The van der Waals surface area contributed by atoms with Crippen LogP contribution in [0, 0.1) is 20.8 Å². The third-order valence-electron chi connectivity index (χ3n) is 3.58. The van der Waals surface area contributed by atoms with Crippen LogP contribution in [0.2, 0.25) is 0 Å². The zero-order chi connectivity index (χ0) is 16.3. The van der Waals surface area contributed by atoms with E-state index in [2.05, 4.69) is 15.3 Å². The number of hydrogen-bond acceptors (Lipinski definition) is 3. The molecule has 2 aromatic rings. The van der Waals surface area contributed by atoms with E-state index in [9.17, 15) is 13.2 Å². The van der Waals surface area contributed by atoms with E-state index in [4.69, 9.17) is 0 Å². The van der Waals surface area contributed by atoms with Crippen LogP contribution in [-0.2, 0) is 12.6 Å². The van der Waals surface area contributed by atoms with Gasteiger partial charge in [0.1, 0.15) is 0 Å². The van der Waals surface area contributed by atoms with Crippen LogP contribution >= 0.6 is 0 Å². The summed E-state index contributed by atoms with van der Waals surface area (Å²) in [6.45, 7) is 6.24. The quantitative estimate of drug-likeness (QED) is 0.925. The molecule has 0 saturated heterocycles. The average molecular weight is 309 g/mol. The van der Waals surface area contributed by atoms with Crippen LogP contribution < -0.4 is 5.32 Å². The van der Waals surface area contributed by atoms with Crippen molar-refractivity contribution >= 4 is 5.95 Å². The predicted molar refractivity (Wildman–Crippen MR) is 79.9 cm³/mol. The van der Waals surface area contributed by atoms with Gasteiger partial charge in [-0.25, -0.2) is 9.97 Å². The fourth-order valence-corrected chi connectivity index (χ4v) is 2.07. The van der Waals surface area contributed by atoms with Crippen LogP contribution in [0.1, 0.15) is 28.1 Å². The molecule has 1 aromatic heterocycles. The largest absolute Gasteiger partial charge is 0.416 e. The third kappa shape index (κ3) is 3.96. The number of rotatable bonds is 4. The van der Waals surface area contributed by atoms with Crippen molar-refractivity contribution < 1.29 is 13.2 Å². The fourth-order valence-electron chi connectivity index (χ4n) is 2.07. The molecule has 0 aliphatic heterocycles. The molecule has 0 radical (unpaired) electrons. The summed E-state index contributed by atoms with van der Waals surface area (Å²) in [6, 6.07) is 5.36. The maximum atomic E-state index is 12.6. The molecule has 0 fully saturated rings. The minimum absolute atomic E-state index is 0.471. The van der Waals surface area contributed by atoms with Gasteiger partial charge in [0.2, 0.25) is 5.95 Å². The molecular weight excluding hydrogens is 291 g/mol. The van der Waals surface area contributed by atoms with E-state index in [0.717, 1.165) is 23.0 Å². The van der Waals surface area contributed by atoms with E-state index in [-0.39, 0.29) is 0 Å². The van der Waals surface area contributed by atoms with Crippen LogP contribution in [0.5, 0.6) is 0 Å². The van der Waals surface area contributed by atoms with E-state index in [1.165, 1.54) is 12.1 Å². The average Bonchev–Trinajstić information content (AvgIpc) is 2.44. The summed E-state index contributed by atoms with van der Waals surface area (Å²) in [5, 5.41) is 3.06. The molecule has 6 heteroatoms. The van der Waals surface area contributed by atoms with Crippen molar-refractivity contribution in [2.45, 2.75) is 33.4 Å². The summed E-state index contributed by atoms with van der Waals surface area (Å²) in [5.74, 6) is 0.507. The zero-order valence-corrected chi connectivity index (χ0v) is 12.8. The van der Waals surface area contributed by atoms with Gasteiger partial charge in [0.05, 0.1) is 5.56 Å². The number of benzene rings is 1. The SMILES string of the molecule is Cc1nc(NCCc2cccc(C(F)(F)F)c2)nc(C)c1C. The number of anilines is 1. The highest BCUT2D eigenvalue weighted by Crippen LogP contribution is 2.29. The van der Waals surface area contributed by atoms with Crippen molar-refractivity contribution in [2.75, 3.05) is 11.9 Å². The van der Waals surface area contributed by atoms with Gasteiger partial charge >= 0.3 is 6.18 Å². The fraction of sp³-hybridized carbons (Fsp3) is 0.375. The normalized spacial score (nSPS) is 11.5.